The van der Waals surface area contributed by atoms with Crippen LogP contribution in [0.2, 0.25) is 0 Å². The van der Waals surface area contributed by atoms with E-state index in [1.54, 1.807) is 24.4 Å². The van der Waals surface area contributed by atoms with E-state index in [0.29, 0.717) is 18.0 Å². The molecule has 142 valence electrons. The summed E-state index contributed by atoms with van der Waals surface area (Å²) in [6, 6.07) is 9.89. The highest BCUT2D eigenvalue weighted by Crippen LogP contribution is 2.24. The molecule has 2 heterocycles. The first-order valence-corrected chi connectivity index (χ1v) is 9.33. The fourth-order valence-electron chi connectivity index (χ4n) is 3.31. The first-order valence-electron chi connectivity index (χ1n) is 9.33. The molecular formula is C21H25FN4O. The van der Waals surface area contributed by atoms with Crippen LogP contribution in [0.1, 0.15) is 44.6 Å². The average Bonchev–Trinajstić information content (AvgIpc) is 3.01. The largest absolute Gasteiger partial charge is 0.346 e. The van der Waals surface area contributed by atoms with Crippen molar-refractivity contribution >= 4 is 17.1 Å². The van der Waals surface area contributed by atoms with Gasteiger partial charge in [0.05, 0.1) is 12.5 Å². The summed E-state index contributed by atoms with van der Waals surface area (Å²) in [5.41, 5.74) is 2.02. The zero-order valence-electron chi connectivity index (χ0n) is 15.9. The molecule has 0 fully saturated rings. The highest BCUT2D eigenvalue weighted by Gasteiger charge is 2.23. The number of nitrogens with zero attached hydrogens (tertiary/aromatic N) is 3. The van der Waals surface area contributed by atoms with Crippen molar-refractivity contribution in [2.24, 2.45) is 5.92 Å². The van der Waals surface area contributed by atoms with Gasteiger partial charge in [0.2, 0.25) is 5.91 Å². The van der Waals surface area contributed by atoms with Crippen LogP contribution in [-0.4, -0.2) is 20.4 Å². The summed E-state index contributed by atoms with van der Waals surface area (Å²) in [6.07, 6.45) is 2.49. The number of aryl methyl sites for hydroxylation is 1. The molecule has 0 spiro atoms. The Labute approximate surface area is 158 Å². The number of pyridine rings is 1. The van der Waals surface area contributed by atoms with Crippen molar-refractivity contribution in [3.05, 3.63) is 59.8 Å². The molecule has 2 aromatic heterocycles. The molecule has 0 aliphatic rings. The Hall–Kier alpha value is -2.76. The normalized spacial score (nSPS) is 12.5. The topological polar surface area (TPSA) is 59.8 Å². The number of hydrogen-bond donors (Lipinski definition) is 1. The van der Waals surface area contributed by atoms with Gasteiger partial charge in [0.15, 0.2) is 5.65 Å². The molecule has 1 aromatic carbocycles. The van der Waals surface area contributed by atoms with Crippen LogP contribution in [0.3, 0.4) is 0 Å². The van der Waals surface area contributed by atoms with Crippen LogP contribution in [-0.2, 0) is 17.8 Å². The van der Waals surface area contributed by atoms with Crippen molar-refractivity contribution in [3.63, 3.8) is 0 Å². The van der Waals surface area contributed by atoms with Crippen molar-refractivity contribution in [2.45, 2.75) is 46.2 Å². The van der Waals surface area contributed by atoms with Crippen molar-refractivity contribution in [2.75, 3.05) is 0 Å². The number of carbonyl (C=O) groups excluding carboxylic acids is 1. The maximum Gasteiger partial charge on any atom is 0.225 e. The van der Waals surface area contributed by atoms with E-state index in [4.69, 9.17) is 4.98 Å². The Balaban J connectivity index is 1.88. The van der Waals surface area contributed by atoms with Gasteiger partial charge >= 0.3 is 0 Å². The molecule has 1 amide bonds. The summed E-state index contributed by atoms with van der Waals surface area (Å²) in [6.45, 7) is 6.95. The van der Waals surface area contributed by atoms with Gasteiger partial charge < -0.3 is 9.88 Å². The Morgan fingerprint density at radius 1 is 1.22 bits per heavy atom. The first kappa shape index (κ1) is 19.0. The Bertz CT molecular complexity index is 935. The minimum atomic E-state index is -0.363. The Morgan fingerprint density at radius 2 is 2.00 bits per heavy atom. The molecule has 0 saturated heterocycles. The van der Waals surface area contributed by atoms with Crippen LogP contribution in [0.25, 0.3) is 11.2 Å². The zero-order chi connectivity index (χ0) is 19.4. The highest BCUT2D eigenvalue weighted by molar-refractivity contribution is 5.79. The number of nitrogens with one attached hydrogen (secondary N) is 1. The predicted octanol–water partition coefficient (Wildman–Crippen LogP) is 4.04. The minimum Gasteiger partial charge on any atom is -0.346 e. The molecule has 1 N–H and O–H groups in total. The van der Waals surface area contributed by atoms with Gasteiger partial charge in [0.25, 0.3) is 0 Å². The van der Waals surface area contributed by atoms with Crippen LogP contribution >= 0.6 is 0 Å². The van der Waals surface area contributed by atoms with Crippen molar-refractivity contribution in [3.8, 4) is 0 Å². The standard InChI is InChI=1S/C21H25FN4O/c1-4-26-20-17(10-7-11-23-20)25-21(26)18(12-14(2)3)24-19(27)13-15-8-5-6-9-16(15)22/h5-11,14,18H,4,12-13H2,1-3H3,(H,24,27). The number of rotatable bonds is 7. The van der Waals surface area contributed by atoms with Gasteiger partial charge in [-0.3, -0.25) is 4.79 Å². The number of aromatic nitrogens is 3. The first-order chi connectivity index (χ1) is 13.0. The number of carbonyl (C=O) groups is 1. The number of amides is 1. The predicted molar refractivity (Wildman–Crippen MR) is 104 cm³/mol. The van der Waals surface area contributed by atoms with Crippen molar-refractivity contribution < 1.29 is 9.18 Å². The molecule has 3 rings (SSSR count). The molecular weight excluding hydrogens is 343 g/mol. The minimum absolute atomic E-state index is 0.00583. The fourth-order valence-corrected chi connectivity index (χ4v) is 3.31. The quantitative estimate of drug-likeness (QED) is 0.685. The summed E-state index contributed by atoms with van der Waals surface area (Å²) >= 11 is 0. The lowest BCUT2D eigenvalue weighted by Gasteiger charge is -2.21. The molecule has 27 heavy (non-hydrogen) atoms. The summed E-state index contributed by atoms with van der Waals surface area (Å²) in [5, 5.41) is 3.06. The number of imidazole rings is 1. The molecule has 6 heteroatoms. The van der Waals surface area contributed by atoms with E-state index in [9.17, 15) is 9.18 Å². The van der Waals surface area contributed by atoms with Crippen molar-refractivity contribution in [1.29, 1.82) is 0 Å². The SMILES string of the molecule is CCn1c(C(CC(C)C)NC(=O)Cc2ccccc2F)nc2cccnc21. The van der Waals surface area contributed by atoms with Gasteiger partial charge in [0.1, 0.15) is 17.2 Å². The molecule has 3 aromatic rings. The van der Waals surface area contributed by atoms with Gasteiger partial charge in [-0.2, -0.15) is 0 Å². The lowest BCUT2D eigenvalue weighted by atomic mass is 10.0. The van der Waals surface area contributed by atoms with E-state index >= 15 is 0 Å². The number of benzene rings is 1. The number of halogens is 1. The molecule has 0 radical (unpaired) electrons. The Morgan fingerprint density at radius 3 is 2.70 bits per heavy atom. The van der Waals surface area contributed by atoms with E-state index in [-0.39, 0.29) is 24.2 Å². The summed E-state index contributed by atoms with van der Waals surface area (Å²) < 4.78 is 15.9. The van der Waals surface area contributed by atoms with Gasteiger partial charge in [-0.1, -0.05) is 32.0 Å². The average molecular weight is 368 g/mol. The van der Waals surface area contributed by atoms with Gasteiger partial charge in [-0.05, 0) is 43.0 Å². The number of fused-ring (bicyclic) bond motifs is 1. The summed E-state index contributed by atoms with van der Waals surface area (Å²) in [4.78, 5) is 21.8. The lowest BCUT2D eigenvalue weighted by molar-refractivity contribution is -0.121. The van der Waals surface area contributed by atoms with Crippen LogP contribution in [0.15, 0.2) is 42.6 Å². The second-order valence-corrected chi connectivity index (χ2v) is 7.08. The van der Waals surface area contributed by atoms with E-state index in [0.717, 1.165) is 23.4 Å². The van der Waals surface area contributed by atoms with Crippen molar-refractivity contribution in [1.82, 2.24) is 19.9 Å². The summed E-state index contributed by atoms with van der Waals surface area (Å²) in [7, 11) is 0. The molecule has 5 nitrogen and oxygen atoms in total. The third-order valence-electron chi connectivity index (χ3n) is 4.51. The van der Waals surface area contributed by atoms with E-state index in [2.05, 4.69) is 24.1 Å². The highest BCUT2D eigenvalue weighted by atomic mass is 19.1. The second kappa shape index (κ2) is 8.29. The zero-order valence-corrected chi connectivity index (χ0v) is 15.9. The van der Waals surface area contributed by atoms with Crippen LogP contribution < -0.4 is 5.32 Å². The molecule has 0 bridgehead atoms. The third-order valence-corrected chi connectivity index (χ3v) is 4.51. The van der Waals surface area contributed by atoms with E-state index < -0.39 is 0 Å². The van der Waals surface area contributed by atoms with Crippen LogP contribution in [0.4, 0.5) is 4.39 Å². The maximum atomic E-state index is 13.9. The summed E-state index contributed by atoms with van der Waals surface area (Å²) in [5.74, 6) is 0.579. The van der Waals surface area contributed by atoms with Gasteiger partial charge in [-0.15, -0.1) is 0 Å². The van der Waals surface area contributed by atoms with Gasteiger partial charge in [0, 0.05) is 12.7 Å². The Kier molecular flexibility index (Phi) is 5.84. The monoisotopic (exact) mass is 368 g/mol. The van der Waals surface area contributed by atoms with Crippen LogP contribution in [0, 0.1) is 11.7 Å². The smallest absolute Gasteiger partial charge is 0.225 e. The van der Waals surface area contributed by atoms with Crippen LogP contribution in [0.5, 0.6) is 0 Å². The second-order valence-electron chi connectivity index (χ2n) is 7.08. The molecule has 0 saturated carbocycles. The number of hydrogen-bond acceptors (Lipinski definition) is 3. The molecule has 0 aliphatic heterocycles. The van der Waals surface area contributed by atoms with E-state index in [1.165, 1.54) is 6.07 Å². The fraction of sp³-hybridized carbons (Fsp3) is 0.381. The lowest BCUT2D eigenvalue weighted by Crippen LogP contribution is -2.32. The molecule has 0 aliphatic carbocycles. The maximum absolute atomic E-state index is 13.9. The molecule has 1 atom stereocenters. The molecule has 1 unspecified atom stereocenters. The third kappa shape index (κ3) is 4.32. The van der Waals surface area contributed by atoms with Gasteiger partial charge in [-0.25, -0.2) is 14.4 Å². The van der Waals surface area contributed by atoms with E-state index in [1.807, 2.05) is 23.6 Å².